The molecule has 2 aliphatic heterocycles. The number of aromatic nitrogens is 1. The van der Waals surface area contributed by atoms with E-state index in [-0.39, 0.29) is 11.4 Å². The number of fused-ring (bicyclic) bond motifs is 4. The van der Waals surface area contributed by atoms with E-state index in [1.165, 1.54) is 5.69 Å². The molecule has 1 amide bonds. The molecule has 7 heteroatoms. The normalized spacial score (nSPS) is 21.0. The van der Waals surface area contributed by atoms with E-state index < -0.39 is 0 Å². The van der Waals surface area contributed by atoms with Gasteiger partial charge in [0, 0.05) is 44.9 Å². The number of rotatable bonds is 4. The predicted octanol–water partition coefficient (Wildman–Crippen LogP) is 2.70. The van der Waals surface area contributed by atoms with Gasteiger partial charge in [0.15, 0.2) is 0 Å². The van der Waals surface area contributed by atoms with E-state index in [2.05, 4.69) is 40.3 Å². The van der Waals surface area contributed by atoms with E-state index in [1.807, 2.05) is 43.3 Å². The first-order valence-electron chi connectivity index (χ1n) is 11.3. The number of benzene rings is 2. The number of hydrogen-bond acceptors (Lipinski definition) is 5. The number of carbonyl (C=O) groups excluding carboxylic acids is 1. The van der Waals surface area contributed by atoms with E-state index in [0.29, 0.717) is 0 Å². The molecular formula is C26H31N4O3+. The summed E-state index contributed by atoms with van der Waals surface area (Å²) in [7, 11) is 7.26. The fourth-order valence-corrected chi connectivity index (χ4v) is 5.23. The van der Waals surface area contributed by atoms with Crippen molar-refractivity contribution in [3.8, 4) is 17.2 Å². The minimum Gasteiger partial charge on any atom is -0.497 e. The molecule has 7 nitrogen and oxygen atoms in total. The number of likely N-dealkylation sites (tertiary alicyclic amines) is 1. The van der Waals surface area contributed by atoms with Crippen molar-refractivity contribution in [2.24, 2.45) is 0 Å². The monoisotopic (exact) mass is 447 g/mol. The minimum absolute atomic E-state index is 0.142. The van der Waals surface area contributed by atoms with Gasteiger partial charge in [-0.15, -0.1) is 0 Å². The summed E-state index contributed by atoms with van der Waals surface area (Å²) in [4.78, 5) is 16.4. The molecular weight excluding hydrogens is 416 g/mol. The van der Waals surface area contributed by atoms with Crippen molar-refractivity contribution in [2.75, 3.05) is 51.6 Å². The zero-order valence-electron chi connectivity index (χ0n) is 19.6. The molecule has 0 bridgehead atoms. The molecule has 0 atom stereocenters. The average Bonchev–Trinajstić information content (AvgIpc) is 3.35. The van der Waals surface area contributed by atoms with E-state index in [1.54, 1.807) is 14.2 Å². The number of nitrogens with one attached hydrogen (secondary N) is 2. The summed E-state index contributed by atoms with van der Waals surface area (Å²) in [6, 6.07) is 16.1. The van der Waals surface area contributed by atoms with Gasteiger partial charge in [-0.05, 0) is 42.5 Å². The number of ether oxygens (including phenoxy) is 2. The maximum Gasteiger partial charge on any atom is 0.344 e. The molecule has 3 aromatic rings. The van der Waals surface area contributed by atoms with Gasteiger partial charge in [-0.25, -0.2) is 4.79 Å². The van der Waals surface area contributed by atoms with E-state index >= 15 is 0 Å². The molecule has 0 radical (unpaired) electrons. The van der Waals surface area contributed by atoms with E-state index in [0.717, 1.165) is 65.0 Å². The Balaban J connectivity index is 1.39. The summed E-state index contributed by atoms with van der Waals surface area (Å²) in [5.41, 5.74) is 4.89. The second-order valence-corrected chi connectivity index (χ2v) is 9.07. The Morgan fingerprint density at radius 3 is 2.55 bits per heavy atom. The smallest absolute Gasteiger partial charge is 0.344 e. The van der Waals surface area contributed by atoms with Gasteiger partial charge in [0.2, 0.25) is 0 Å². The first-order valence-corrected chi connectivity index (χ1v) is 11.3. The largest absolute Gasteiger partial charge is 0.497 e. The van der Waals surface area contributed by atoms with Gasteiger partial charge in [-0.1, -0.05) is 0 Å². The molecule has 2 aromatic carbocycles. The number of hydrogen-bond donors (Lipinski definition) is 2. The Kier molecular flexibility index (Phi) is 5.29. The molecule has 1 spiro atoms. The third kappa shape index (κ3) is 3.53. The van der Waals surface area contributed by atoms with Crippen LogP contribution in [0.4, 0.5) is 11.4 Å². The second kappa shape index (κ2) is 8.15. The summed E-state index contributed by atoms with van der Waals surface area (Å²) >= 11 is 0. The molecule has 1 saturated heterocycles. The first kappa shape index (κ1) is 21.4. The molecule has 172 valence electrons. The molecule has 0 saturated carbocycles. The van der Waals surface area contributed by atoms with Gasteiger partial charge < -0.3 is 24.3 Å². The van der Waals surface area contributed by atoms with Crippen LogP contribution in [0.25, 0.3) is 5.69 Å². The molecule has 1 fully saturated rings. The minimum atomic E-state index is -0.193. The maximum absolute atomic E-state index is 13.4. The lowest BCUT2D eigenvalue weighted by Gasteiger charge is -2.44. The summed E-state index contributed by atoms with van der Waals surface area (Å²) in [5, 5.41) is 3.82. The standard InChI is InChI=1S/C26H30N4O3/c1-28(2)22-16-18(7-10-23(22)33-4)25(31)29-14-11-26(12-15-29)24-6-5-13-30(24)21-9-8-19(32-3)17-20(21)27-26/h5-10,13,16-17,27H,11-12,14-15H2,1-4H3/p+1. The third-order valence-corrected chi connectivity index (χ3v) is 7.03. The number of methoxy groups -OCH3 is 2. The van der Waals surface area contributed by atoms with Gasteiger partial charge in [0.1, 0.15) is 11.5 Å². The van der Waals surface area contributed by atoms with E-state index in [4.69, 9.17) is 9.47 Å². The van der Waals surface area contributed by atoms with Crippen LogP contribution in [-0.4, -0.2) is 51.9 Å². The number of carbonyl (C=O) groups is 1. The van der Waals surface area contributed by atoms with Crippen LogP contribution in [0.3, 0.4) is 0 Å². The van der Waals surface area contributed by atoms with Crippen LogP contribution in [-0.2, 0) is 5.54 Å². The maximum atomic E-state index is 13.4. The number of amides is 1. The van der Waals surface area contributed by atoms with Crippen molar-refractivity contribution < 1.29 is 19.2 Å². The van der Waals surface area contributed by atoms with Crippen LogP contribution in [0.2, 0.25) is 0 Å². The lowest BCUT2D eigenvalue weighted by atomic mass is 9.82. The molecule has 0 aliphatic carbocycles. The molecule has 5 rings (SSSR count). The zero-order chi connectivity index (χ0) is 23.2. The molecule has 33 heavy (non-hydrogen) atoms. The molecule has 3 heterocycles. The molecule has 1 aromatic heterocycles. The second-order valence-electron chi connectivity index (χ2n) is 9.07. The van der Waals surface area contributed by atoms with Gasteiger partial charge in [0.25, 0.3) is 0 Å². The zero-order valence-corrected chi connectivity index (χ0v) is 19.6. The fourth-order valence-electron chi connectivity index (χ4n) is 5.23. The van der Waals surface area contributed by atoms with Gasteiger partial charge in [-0.3, -0.25) is 4.90 Å². The van der Waals surface area contributed by atoms with Crippen molar-refractivity contribution in [3.05, 3.63) is 66.0 Å². The van der Waals surface area contributed by atoms with Gasteiger partial charge in [-0.2, -0.15) is 0 Å². The van der Waals surface area contributed by atoms with E-state index in [9.17, 15) is 4.79 Å². The molecule has 0 unspecified atom stereocenters. The highest BCUT2D eigenvalue weighted by atomic mass is 16.5. The van der Waals surface area contributed by atoms with Crippen LogP contribution < -0.4 is 24.6 Å². The van der Waals surface area contributed by atoms with Crippen LogP contribution in [0.15, 0.2) is 54.7 Å². The van der Waals surface area contributed by atoms with Crippen LogP contribution >= 0.6 is 0 Å². The first-order chi connectivity index (χ1) is 16.0. The molecule has 2 N–H and O–H groups in total. The summed E-state index contributed by atoms with van der Waals surface area (Å²) < 4.78 is 13.2. The van der Waals surface area contributed by atoms with Crippen molar-refractivity contribution in [3.63, 3.8) is 0 Å². The lowest BCUT2D eigenvalue weighted by Crippen LogP contribution is -3.16. The van der Waals surface area contributed by atoms with Crippen molar-refractivity contribution in [1.82, 2.24) is 4.57 Å². The third-order valence-electron chi connectivity index (χ3n) is 7.03. The van der Waals surface area contributed by atoms with Crippen LogP contribution in [0, 0.1) is 0 Å². The number of piperidine rings is 1. The number of anilines is 2. The van der Waals surface area contributed by atoms with Crippen LogP contribution in [0.1, 0.15) is 28.9 Å². The Hall–Kier alpha value is -3.45. The lowest BCUT2D eigenvalue weighted by molar-refractivity contribution is -0.821. The summed E-state index contributed by atoms with van der Waals surface area (Å²) in [6.07, 6.45) is 3.85. The Morgan fingerprint density at radius 1 is 1.06 bits per heavy atom. The Morgan fingerprint density at radius 2 is 1.85 bits per heavy atom. The predicted molar refractivity (Wildman–Crippen MR) is 129 cm³/mol. The SMILES string of the molecule is COc1ccc2c(c1)NC1(CC[NH+](C(=O)c3ccc(OC)c(N(C)C)c3)CC1)c1cccn1-2. The highest BCUT2D eigenvalue weighted by Gasteiger charge is 2.44. The highest BCUT2D eigenvalue weighted by Crippen LogP contribution is 2.43. The Bertz CT molecular complexity index is 1190. The Labute approximate surface area is 194 Å². The fraction of sp³-hybridized carbons (Fsp3) is 0.346. The topological polar surface area (TPSA) is 60.2 Å². The summed E-state index contributed by atoms with van der Waals surface area (Å²) in [5.74, 6) is 1.75. The summed E-state index contributed by atoms with van der Waals surface area (Å²) in [6.45, 7) is 1.53. The highest BCUT2D eigenvalue weighted by molar-refractivity contribution is 5.89. The van der Waals surface area contributed by atoms with Crippen molar-refractivity contribution in [1.29, 1.82) is 0 Å². The van der Waals surface area contributed by atoms with Crippen molar-refractivity contribution >= 4 is 17.3 Å². The number of quaternary nitrogens is 1. The van der Waals surface area contributed by atoms with Crippen molar-refractivity contribution in [2.45, 2.75) is 18.4 Å². The van der Waals surface area contributed by atoms with Gasteiger partial charge in [0.05, 0.1) is 55.5 Å². The van der Waals surface area contributed by atoms with Crippen LogP contribution in [0.5, 0.6) is 11.5 Å². The molecule has 2 aliphatic rings. The quantitative estimate of drug-likeness (QED) is 0.644. The van der Waals surface area contributed by atoms with Gasteiger partial charge >= 0.3 is 5.91 Å². The average molecular weight is 448 g/mol. The number of nitrogens with zero attached hydrogens (tertiary/aromatic N) is 2.